The number of phosphoric ester groups is 2. The molecule has 0 spiro atoms. The number of esters is 4. The van der Waals surface area contributed by atoms with Crippen LogP contribution in [0.1, 0.15) is 389 Å². The van der Waals surface area contributed by atoms with E-state index in [-0.39, 0.29) is 25.7 Å². The van der Waals surface area contributed by atoms with Gasteiger partial charge in [-0.05, 0) is 49.4 Å². The number of phosphoric acid groups is 2. The average Bonchev–Trinajstić information content (AvgIpc) is 1.25. The molecule has 0 bridgehead atoms. The molecule has 17 nitrogen and oxygen atoms in total. The number of rotatable bonds is 74. The Labute approximate surface area is 588 Å². The molecule has 0 aromatic carbocycles. The quantitative estimate of drug-likeness (QED) is 0.0222. The summed E-state index contributed by atoms with van der Waals surface area (Å²) >= 11 is 0. The number of carbonyl (C=O) groups is 4. The summed E-state index contributed by atoms with van der Waals surface area (Å²) in [4.78, 5) is 72.8. The van der Waals surface area contributed by atoms with Crippen LogP contribution in [0.2, 0.25) is 0 Å². The van der Waals surface area contributed by atoms with Crippen LogP contribution in [0.3, 0.4) is 0 Å². The van der Waals surface area contributed by atoms with Crippen molar-refractivity contribution in [3.8, 4) is 0 Å². The molecule has 0 radical (unpaired) electrons. The van der Waals surface area contributed by atoms with Crippen LogP contribution in [-0.2, 0) is 65.4 Å². The molecule has 0 aliphatic heterocycles. The van der Waals surface area contributed by atoms with E-state index in [2.05, 4.69) is 55.4 Å². The molecule has 3 unspecified atom stereocenters. The first-order valence-corrected chi connectivity index (χ1v) is 42.7. The maximum absolute atomic E-state index is 13.1. The SMILES string of the molecule is CCC(C)CCCCCCCCC(=O)OC[C@H](COP(=O)(O)OC[C@H](O)COP(=O)(O)OC[C@@H](COC(=O)CCCCCCCCCCCCCCCCCC(C)C)OC(=O)CCCCCCCCCCCCCCCCCC(C)C)OC(=O)CCCCCCCCCC(C)C. The second-order valence-corrected chi connectivity index (χ2v) is 32.3. The first-order valence-electron chi connectivity index (χ1n) is 39.7. The summed E-state index contributed by atoms with van der Waals surface area (Å²) in [6, 6.07) is 0. The summed E-state index contributed by atoms with van der Waals surface area (Å²) in [5, 5.41) is 10.6. The molecule has 0 heterocycles. The summed E-state index contributed by atoms with van der Waals surface area (Å²) in [5.41, 5.74) is 0. The predicted molar refractivity (Wildman–Crippen MR) is 391 cm³/mol. The van der Waals surface area contributed by atoms with Gasteiger partial charge in [0.1, 0.15) is 19.3 Å². The van der Waals surface area contributed by atoms with Crippen molar-refractivity contribution in [1.29, 1.82) is 0 Å². The summed E-state index contributed by atoms with van der Waals surface area (Å²) in [5.74, 6) is 0.913. The molecule has 3 N–H and O–H groups in total. The minimum atomic E-state index is -4.96. The lowest BCUT2D eigenvalue weighted by atomic mass is 10.00. The highest BCUT2D eigenvalue weighted by molar-refractivity contribution is 7.47. The summed E-state index contributed by atoms with van der Waals surface area (Å²) in [6.07, 6.45) is 51.5. The topological polar surface area (TPSA) is 237 Å². The lowest BCUT2D eigenvalue weighted by Gasteiger charge is -2.21. The number of ether oxygens (including phenoxy) is 4. The van der Waals surface area contributed by atoms with E-state index in [0.717, 1.165) is 114 Å². The Balaban J connectivity index is 5.22. The lowest BCUT2D eigenvalue weighted by molar-refractivity contribution is -0.161. The molecule has 0 amide bonds. The highest BCUT2D eigenvalue weighted by Gasteiger charge is 2.30. The van der Waals surface area contributed by atoms with Crippen LogP contribution in [0.25, 0.3) is 0 Å². The Morgan fingerprint density at radius 3 is 0.740 bits per heavy atom. The zero-order valence-corrected chi connectivity index (χ0v) is 64.8. The molecule has 0 fully saturated rings. The fourth-order valence-electron chi connectivity index (χ4n) is 11.7. The van der Waals surface area contributed by atoms with E-state index in [1.54, 1.807) is 0 Å². The monoisotopic (exact) mass is 1410 g/mol. The van der Waals surface area contributed by atoms with Gasteiger partial charge in [0.15, 0.2) is 12.2 Å². The molecule has 0 aromatic rings. The minimum absolute atomic E-state index is 0.102. The summed E-state index contributed by atoms with van der Waals surface area (Å²) in [6.45, 7) is 14.2. The number of aliphatic hydroxyl groups is 1. The van der Waals surface area contributed by atoms with E-state index in [4.69, 9.17) is 37.0 Å². The van der Waals surface area contributed by atoms with Gasteiger partial charge in [-0.3, -0.25) is 37.3 Å². The molecule has 0 aliphatic carbocycles. The molecule has 0 saturated heterocycles. The van der Waals surface area contributed by atoms with Crippen LogP contribution in [-0.4, -0.2) is 96.7 Å². The van der Waals surface area contributed by atoms with E-state index in [0.29, 0.717) is 31.6 Å². The fraction of sp³-hybridized carbons (Fsp3) is 0.948. The van der Waals surface area contributed by atoms with Gasteiger partial charge in [-0.25, -0.2) is 9.13 Å². The van der Waals surface area contributed by atoms with Crippen LogP contribution < -0.4 is 0 Å². The zero-order valence-electron chi connectivity index (χ0n) is 63.0. The van der Waals surface area contributed by atoms with Crippen molar-refractivity contribution in [3.63, 3.8) is 0 Å². The lowest BCUT2D eigenvalue weighted by Crippen LogP contribution is -2.30. The highest BCUT2D eigenvalue weighted by Crippen LogP contribution is 2.45. The van der Waals surface area contributed by atoms with Gasteiger partial charge in [-0.2, -0.15) is 0 Å². The normalized spacial score (nSPS) is 14.4. The summed E-state index contributed by atoms with van der Waals surface area (Å²) in [7, 11) is -9.91. The smallest absolute Gasteiger partial charge is 0.462 e. The van der Waals surface area contributed by atoms with Gasteiger partial charge in [0.05, 0.1) is 26.4 Å². The third-order valence-electron chi connectivity index (χ3n) is 18.2. The van der Waals surface area contributed by atoms with E-state index >= 15 is 0 Å². The molecule has 6 atom stereocenters. The maximum atomic E-state index is 13.1. The van der Waals surface area contributed by atoms with Gasteiger partial charge in [0, 0.05) is 25.7 Å². The molecule has 19 heteroatoms. The predicted octanol–water partition coefficient (Wildman–Crippen LogP) is 22.4. The Morgan fingerprint density at radius 2 is 0.500 bits per heavy atom. The molecular weight excluding hydrogens is 1260 g/mol. The van der Waals surface area contributed by atoms with Crippen molar-refractivity contribution < 1.29 is 80.2 Å². The average molecular weight is 1410 g/mol. The van der Waals surface area contributed by atoms with Crippen LogP contribution in [0.15, 0.2) is 0 Å². The largest absolute Gasteiger partial charge is 0.472 e. The van der Waals surface area contributed by atoms with E-state index < -0.39 is 97.5 Å². The van der Waals surface area contributed by atoms with Crippen molar-refractivity contribution in [2.45, 2.75) is 408 Å². The maximum Gasteiger partial charge on any atom is 0.472 e. The number of hydrogen-bond acceptors (Lipinski definition) is 15. The molecule has 0 aromatic heterocycles. The van der Waals surface area contributed by atoms with Gasteiger partial charge < -0.3 is 33.8 Å². The first kappa shape index (κ1) is 94.1. The molecule has 570 valence electrons. The molecule has 0 rings (SSSR count). The first-order chi connectivity index (χ1) is 46.1. The number of carbonyl (C=O) groups excluding carboxylic acids is 4. The molecule has 96 heavy (non-hydrogen) atoms. The van der Waals surface area contributed by atoms with Gasteiger partial charge in [-0.15, -0.1) is 0 Å². The van der Waals surface area contributed by atoms with Crippen LogP contribution >= 0.6 is 15.6 Å². The third kappa shape index (κ3) is 69.2. The minimum Gasteiger partial charge on any atom is -0.462 e. The Kier molecular flexibility index (Phi) is 65.0. The van der Waals surface area contributed by atoms with E-state index in [9.17, 15) is 43.2 Å². The van der Waals surface area contributed by atoms with Gasteiger partial charge in [0.25, 0.3) is 0 Å². The number of hydrogen-bond donors (Lipinski definition) is 3. The van der Waals surface area contributed by atoms with Gasteiger partial charge >= 0.3 is 39.5 Å². The van der Waals surface area contributed by atoms with Crippen LogP contribution in [0, 0.1) is 23.7 Å². The van der Waals surface area contributed by atoms with Crippen LogP contribution in [0.5, 0.6) is 0 Å². The van der Waals surface area contributed by atoms with Crippen molar-refractivity contribution >= 4 is 39.5 Å². The molecule has 0 saturated carbocycles. The second-order valence-electron chi connectivity index (χ2n) is 29.4. The fourth-order valence-corrected chi connectivity index (χ4v) is 13.3. The van der Waals surface area contributed by atoms with E-state index in [1.807, 2.05) is 0 Å². The Hall–Kier alpha value is -1.94. The van der Waals surface area contributed by atoms with Gasteiger partial charge in [0.2, 0.25) is 0 Å². The second kappa shape index (κ2) is 66.3. The third-order valence-corrected chi connectivity index (χ3v) is 20.1. The number of unbranched alkanes of at least 4 members (excludes halogenated alkanes) is 39. The Morgan fingerprint density at radius 1 is 0.292 bits per heavy atom. The highest BCUT2D eigenvalue weighted by atomic mass is 31.2. The van der Waals surface area contributed by atoms with Crippen molar-refractivity contribution in [1.82, 2.24) is 0 Å². The zero-order chi connectivity index (χ0) is 71.0. The Bertz CT molecular complexity index is 1890. The van der Waals surface area contributed by atoms with Crippen molar-refractivity contribution in [3.05, 3.63) is 0 Å². The molecule has 0 aliphatic rings. The number of aliphatic hydroxyl groups excluding tert-OH is 1. The van der Waals surface area contributed by atoms with Gasteiger partial charge in [-0.1, -0.05) is 338 Å². The van der Waals surface area contributed by atoms with Crippen LogP contribution in [0.4, 0.5) is 0 Å². The standard InChI is InChI=1S/C77H150O17P2/c1-9-70(8)56-48-40-35-36-42-50-58-75(80)88-64-73(94-77(82)60-52-44-34-28-31-39-47-55-69(6)7)66-92-96(85,86)90-62-71(78)61-89-95(83,84)91-65-72(93-76(81)59-51-43-33-27-23-19-15-11-13-17-21-25-30-38-46-54-68(4)5)63-87-74(79)57-49-41-32-26-22-18-14-10-12-16-20-24-29-37-45-53-67(2)3/h67-73,78H,9-66H2,1-8H3,(H,83,84)(H,85,86)/t70?,71-,72-,73-/m1/s1. The molecular formula is C77H150O17P2. The van der Waals surface area contributed by atoms with Crippen molar-refractivity contribution in [2.75, 3.05) is 39.6 Å². The van der Waals surface area contributed by atoms with Crippen molar-refractivity contribution in [2.24, 2.45) is 23.7 Å². The summed E-state index contributed by atoms with van der Waals surface area (Å²) < 4.78 is 68.5. The van der Waals surface area contributed by atoms with E-state index in [1.165, 1.54) is 186 Å².